The van der Waals surface area contributed by atoms with Gasteiger partial charge < -0.3 is 30.8 Å². The summed E-state index contributed by atoms with van der Waals surface area (Å²) in [6, 6.07) is 13.9. The average Bonchev–Trinajstić information content (AvgIpc) is 3.66. The average molecular weight is 926 g/mol. The first-order valence-electron chi connectivity index (χ1n) is 25.3. The number of hydrogen-bond donors (Lipinski definition) is 4. The maximum atomic E-state index is 13.8. The van der Waals surface area contributed by atoms with Crippen LogP contribution >= 0.6 is 0 Å². The van der Waals surface area contributed by atoms with Crippen molar-refractivity contribution in [2.45, 2.75) is 188 Å². The number of carbonyl (C=O) groups excluding carboxylic acids is 6. The fraction of sp³-hybridized carbons (Fsp3) is 0.667. The Morgan fingerprint density at radius 2 is 1.40 bits per heavy atom. The number of nitrogens with two attached hydrogens (primary N) is 1. The third-order valence-electron chi connectivity index (χ3n) is 15.4. The molecule has 4 aliphatic rings. The Balaban J connectivity index is 1.09. The van der Waals surface area contributed by atoms with E-state index < -0.39 is 54.7 Å². The van der Waals surface area contributed by atoms with Crippen LogP contribution in [0.3, 0.4) is 0 Å². The number of unbranched alkanes of at least 4 members (excludes halogenated alkanes) is 2. The highest BCUT2D eigenvalue weighted by Gasteiger charge is 2.68. The van der Waals surface area contributed by atoms with E-state index in [0.717, 1.165) is 43.2 Å². The van der Waals surface area contributed by atoms with E-state index in [-0.39, 0.29) is 78.3 Å². The predicted molar refractivity (Wildman–Crippen MR) is 263 cm³/mol. The molecule has 4 fully saturated rings. The summed E-state index contributed by atoms with van der Waals surface area (Å²) in [5.74, 6) is -3.06. The molecule has 0 radical (unpaired) electrons. The van der Waals surface area contributed by atoms with E-state index in [1.165, 1.54) is 12.5 Å². The van der Waals surface area contributed by atoms with Crippen molar-refractivity contribution in [3.8, 4) is 11.1 Å². The summed E-state index contributed by atoms with van der Waals surface area (Å²) in [6.45, 7) is 18.0. The highest BCUT2D eigenvalue weighted by atomic mass is 16.7. The number of benzene rings is 2. The van der Waals surface area contributed by atoms with Crippen molar-refractivity contribution >= 4 is 42.1 Å². The number of hydrogen-bond acceptors (Lipinski definition) is 10. The summed E-state index contributed by atoms with van der Waals surface area (Å²) in [4.78, 5) is 81.1. The second kappa shape index (κ2) is 24.0. The molecule has 0 spiro atoms. The molecule has 5 N–H and O–H groups in total. The number of amides is 2. The van der Waals surface area contributed by atoms with Crippen molar-refractivity contribution in [2.75, 3.05) is 6.54 Å². The minimum Gasteiger partial charge on any atom is -0.405 e. The van der Waals surface area contributed by atoms with Crippen LogP contribution in [0, 0.1) is 35.0 Å². The van der Waals surface area contributed by atoms with Gasteiger partial charge in [0.15, 0.2) is 17.3 Å². The van der Waals surface area contributed by atoms with Gasteiger partial charge >= 0.3 is 7.12 Å². The van der Waals surface area contributed by atoms with Gasteiger partial charge in [0.25, 0.3) is 0 Å². The van der Waals surface area contributed by atoms with Gasteiger partial charge in [-0.2, -0.15) is 0 Å². The van der Waals surface area contributed by atoms with Crippen LogP contribution in [-0.4, -0.2) is 83.6 Å². The standard InChI is InChI=1S/C54H80BN3O9/c1-10-11-15-37-19-21-38(22-20-37)39-23-25-40(26-24-39)44(61)18-14-17-43(60)30-41(16-12-13-27-56)52(65)58-50(36(6)59)45(62)28-34(4)51(64)57-49(33(2)3)46(63)29-35(5)55-66-48-32-42-31-47(53(42,7)8)54(48,9)67-55/h19-26,33-36,41-42,47-50,59H,10-18,27-32,56H2,1-9H3,(H,57,64)(H,58,65)/t34-,35-,36-,41-,42+,47+,48?,49+,50+,54+/m1/s1. The zero-order chi connectivity index (χ0) is 49.2. The Morgan fingerprint density at radius 3 is 2.00 bits per heavy atom. The first-order valence-corrected chi connectivity index (χ1v) is 25.3. The van der Waals surface area contributed by atoms with Gasteiger partial charge in [0, 0.05) is 49.5 Å². The van der Waals surface area contributed by atoms with Crippen molar-refractivity contribution in [3.05, 3.63) is 59.7 Å². The smallest absolute Gasteiger partial charge is 0.405 e. The molecule has 2 bridgehead atoms. The molecule has 1 aliphatic heterocycles. The Hall–Kier alpha value is -4.04. The van der Waals surface area contributed by atoms with E-state index >= 15 is 0 Å². The number of Topliss-reactive ketones (excluding diaryl/α,β-unsaturated/α-hetero) is 4. The summed E-state index contributed by atoms with van der Waals surface area (Å²) < 4.78 is 13.0. The van der Waals surface area contributed by atoms with Gasteiger partial charge in [-0.3, -0.25) is 28.8 Å². The molecular formula is C54H80BN3O9. The molecule has 67 heavy (non-hydrogen) atoms. The normalized spacial score (nSPS) is 23.2. The number of nitrogens with one attached hydrogen (secondary N) is 2. The molecule has 1 heterocycles. The van der Waals surface area contributed by atoms with E-state index in [9.17, 15) is 33.9 Å². The number of aliphatic hydroxyl groups is 1. The zero-order valence-electron chi connectivity index (χ0n) is 41.9. The van der Waals surface area contributed by atoms with E-state index in [4.69, 9.17) is 15.0 Å². The van der Waals surface area contributed by atoms with Crippen molar-refractivity contribution in [1.29, 1.82) is 0 Å². The molecule has 2 amide bonds. The van der Waals surface area contributed by atoms with Gasteiger partial charge in [0.05, 0.1) is 23.9 Å². The predicted octanol–water partition coefficient (Wildman–Crippen LogP) is 8.43. The monoisotopic (exact) mass is 926 g/mol. The lowest BCUT2D eigenvalue weighted by Crippen LogP contribution is -2.65. The summed E-state index contributed by atoms with van der Waals surface area (Å²) in [6.07, 6.45) is 6.12. The van der Waals surface area contributed by atoms with E-state index in [2.05, 4.69) is 62.6 Å². The van der Waals surface area contributed by atoms with Gasteiger partial charge in [0.2, 0.25) is 11.8 Å². The first-order chi connectivity index (χ1) is 31.7. The Kier molecular flexibility index (Phi) is 19.3. The summed E-state index contributed by atoms with van der Waals surface area (Å²) in [5.41, 5.74) is 9.53. The number of rotatable bonds is 28. The van der Waals surface area contributed by atoms with Gasteiger partial charge in [-0.15, -0.1) is 0 Å². The Morgan fingerprint density at radius 1 is 0.776 bits per heavy atom. The van der Waals surface area contributed by atoms with Gasteiger partial charge in [-0.25, -0.2) is 0 Å². The summed E-state index contributed by atoms with van der Waals surface area (Å²) in [7, 11) is -0.519. The number of ketones is 4. The number of aryl methyl sites for hydroxylation is 1. The maximum absolute atomic E-state index is 13.8. The van der Waals surface area contributed by atoms with Crippen LogP contribution in [0.25, 0.3) is 11.1 Å². The second-order valence-electron chi connectivity index (χ2n) is 21.4. The highest BCUT2D eigenvalue weighted by molar-refractivity contribution is 6.47. The van der Waals surface area contributed by atoms with Crippen LogP contribution in [-0.2, 0) is 39.7 Å². The highest BCUT2D eigenvalue weighted by Crippen LogP contribution is 2.66. The fourth-order valence-electron chi connectivity index (χ4n) is 10.8. The lowest BCUT2D eigenvalue weighted by Gasteiger charge is -2.64. The lowest BCUT2D eigenvalue weighted by atomic mass is 9.43. The topological polar surface area (TPSA) is 191 Å². The van der Waals surface area contributed by atoms with Crippen LogP contribution < -0.4 is 16.4 Å². The SMILES string of the molecule is CCCCc1ccc(-c2ccc(C(=O)CCCC(=O)C[C@@H](CCCCN)C(=O)N[C@H](C(=O)C[C@@H](C)C(=O)N[C@H](C(=O)C[C@@H](C)B3OC4C[C@@H]5C[C@@H](C5(C)C)[C@]4(C)O3)C(C)C)[C@@H](C)O)cc2)cc1. The molecule has 12 nitrogen and oxygen atoms in total. The molecule has 0 aromatic heterocycles. The molecule has 10 atom stereocenters. The van der Waals surface area contributed by atoms with Crippen LogP contribution in [0.2, 0.25) is 5.82 Å². The lowest BCUT2D eigenvalue weighted by molar-refractivity contribution is -0.199. The molecule has 1 saturated heterocycles. The molecular weight excluding hydrogens is 845 g/mol. The third-order valence-corrected chi connectivity index (χ3v) is 15.4. The van der Waals surface area contributed by atoms with Crippen LogP contribution in [0.5, 0.6) is 0 Å². The van der Waals surface area contributed by atoms with Crippen molar-refractivity contribution in [1.82, 2.24) is 10.6 Å². The van der Waals surface area contributed by atoms with Crippen LogP contribution in [0.1, 0.15) is 162 Å². The second-order valence-corrected chi connectivity index (χ2v) is 21.4. The first kappa shape index (κ1) is 53.9. The maximum Gasteiger partial charge on any atom is 0.461 e. The largest absolute Gasteiger partial charge is 0.461 e. The summed E-state index contributed by atoms with van der Waals surface area (Å²) in [5, 5.41) is 16.3. The van der Waals surface area contributed by atoms with Crippen molar-refractivity contribution in [3.63, 3.8) is 0 Å². The molecule has 6 rings (SSSR count). The van der Waals surface area contributed by atoms with E-state index in [1.807, 2.05) is 45.0 Å². The fourth-order valence-corrected chi connectivity index (χ4v) is 10.8. The number of aliphatic hydroxyl groups excluding tert-OH is 1. The van der Waals surface area contributed by atoms with Gasteiger partial charge in [-0.05, 0) is 111 Å². The zero-order valence-corrected chi connectivity index (χ0v) is 41.9. The minimum atomic E-state index is -1.32. The van der Waals surface area contributed by atoms with Crippen LogP contribution in [0.4, 0.5) is 0 Å². The molecule has 13 heteroatoms. The molecule has 3 saturated carbocycles. The molecule has 2 aromatic carbocycles. The number of carbonyl (C=O) groups is 6. The molecule has 1 unspecified atom stereocenters. The van der Waals surface area contributed by atoms with Gasteiger partial charge in [0.1, 0.15) is 11.8 Å². The van der Waals surface area contributed by atoms with Crippen molar-refractivity contribution in [2.24, 2.45) is 40.7 Å². The van der Waals surface area contributed by atoms with E-state index in [0.29, 0.717) is 49.6 Å². The molecule has 3 aliphatic carbocycles. The van der Waals surface area contributed by atoms with E-state index in [1.54, 1.807) is 6.92 Å². The van der Waals surface area contributed by atoms with Gasteiger partial charge in [-0.1, -0.05) is 110 Å². The quantitative estimate of drug-likeness (QED) is 0.0366. The van der Waals surface area contributed by atoms with Crippen molar-refractivity contribution < 1.29 is 43.2 Å². The Bertz CT molecular complexity index is 2020. The Labute approximate surface area is 400 Å². The third kappa shape index (κ3) is 13.6. The summed E-state index contributed by atoms with van der Waals surface area (Å²) >= 11 is 0. The minimum absolute atomic E-state index is 0.000966. The molecule has 368 valence electrons. The molecule has 2 aromatic rings. The van der Waals surface area contributed by atoms with Crippen LogP contribution in [0.15, 0.2) is 48.5 Å².